The van der Waals surface area contributed by atoms with Crippen LogP contribution in [0.4, 0.5) is 0 Å². The SMILES string of the molecule is CCCC1CCN(C(=O)C2(CCC)CCCN2)C1. The van der Waals surface area contributed by atoms with Crippen LogP contribution in [0.5, 0.6) is 0 Å². The van der Waals surface area contributed by atoms with Crippen LogP contribution < -0.4 is 5.32 Å². The number of rotatable bonds is 5. The largest absolute Gasteiger partial charge is 0.341 e. The minimum absolute atomic E-state index is 0.212. The molecule has 0 aromatic carbocycles. The maximum Gasteiger partial charge on any atom is 0.242 e. The Hall–Kier alpha value is -0.570. The van der Waals surface area contributed by atoms with Crippen LogP contribution in [0.3, 0.4) is 0 Å². The van der Waals surface area contributed by atoms with Crippen molar-refractivity contribution >= 4 is 5.91 Å². The van der Waals surface area contributed by atoms with Crippen molar-refractivity contribution in [1.82, 2.24) is 10.2 Å². The summed E-state index contributed by atoms with van der Waals surface area (Å²) in [5.74, 6) is 1.14. The van der Waals surface area contributed by atoms with E-state index in [4.69, 9.17) is 0 Å². The molecule has 0 spiro atoms. The third-order valence-corrected chi connectivity index (χ3v) is 4.60. The first-order valence-corrected chi connectivity index (χ1v) is 7.76. The molecule has 0 radical (unpaired) electrons. The Labute approximate surface area is 111 Å². The van der Waals surface area contributed by atoms with E-state index in [2.05, 4.69) is 24.1 Å². The summed E-state index contributed by atoms with van der Waals surface area (Å²) in [4.78, 5) is 14.9. The van der Waals surface area contributed by atoms with E-state index < -0.39 is 0 Å². The van der Waals surface area contributed by atoms with Crippen LogP contribution in [0.25, 0.3) is 0 Å². The maximum atomic E-state index is 12.8. The van der Waals surface area contributed by atoms with Crippen molar-refractivity contribution in [2.45, 2.75) is 64.3 Å². The van der Waals surface area contributed by atoms with Gasteiger partial charge in [-0.1, -0.05) is 26.7 Å². The smallest absolute Gasteiger partial charge is 0.242 e. The van der Waals surface area contributed by atoms with Gasteiger partial charge in [-0.15, -0.1) is 0 Å². The van der Waals surface area contributed by atoms with Crippen LogP contribution in [-0.2, 0) is 4.79 Å². The highest BCUT2D eigenvalue weighted by atomic mass is 16.2. The van der Waals surface area contributed by atoms with Crippen LogP contribution in [-0.4, -0.2) is 36.0 Å². The van der Waals surface area contributed by atoms with Gasteiger partial charge in [-0.2, -0.15) is 0 Å². The minimum Gasteiger partial charge on any atom is -0.341 e. The summed E-state index contributed by atoms with van der Waals surface area (Å²) in [6.07, 6.45) is 8.00. The monoisotopic (exact) mass is 252 g/mol. The van der Waals surface area contributed by atoms with Gasteiger partial charge >= 0.3 is 0 Å². The highest BCUT2D eigenvalue weighted by Crippen LogP contribution is 2.30. The van der Waals surface area contributed by atoms with Crippen LogP contribution in [0.15, 0.2) is 0 Å². The van der Waals surface area contributed by atoms with Gasteiger partial charge in [0, 0.05) is 13.1 Å². The Morgan fingerprint density at radius 1 is 1.39 bits per heavy atom. The summed E-state index contributed by atoms with van der Waals surface area (Å²) >= 11 is 0. The molecule has 2 atom stereocenters. The quantitative estimate of drug-likeness (QED) is 0.815. The molecule has 2 rings (SSSR count). The Balaban J connectivity index is 1.97. The average Bonchev–Trinajstić information content (AvgIpc) is 2.99. The van der Waals surface area contributed by atoms with Gasteiger partial charge in [-0.3, -0.25) is 4.79 Å². The second-order valence-corrected chi connectivity index (χ2v) is 6.06. The molecule has 0 aromatic rings. The molecule has 1 N–H and O–H groups in total. The molecule has 0 bridgehead atoms. The summed E-state index contributed by atoms with van der Waals surface area (Å²) in [6.45, 7) is 7.41. The molecule has 2 aliphatic heterocycles. The van der Waals surface area contributed by atoms with Crippen molar-refractivity contribution in [1.29, 1.82) is 0 Å². The van der Waals surface area contributed by atoms with Crippen molar-refractivity contribution < 1.29 is 4.79 Å². The maximum absolute atomic E-state index is 12.8. The highest BCUT2D eigenvalue weighted by Gasteiger charge is 2.43. The van der Waals surface area contributed by atoms with Crippen LogP contribution in [0, 0.1) is 5.92 Å². The van der Waals surface area contributed by atoms with Crippen LogP contribution in [0.1, 0.15) is 58.8 Å². The fourth-order valence-electron chi connectivity index (χ4n) is 3.70. The lowest BCUT2D eigenvalue weighted by molar-refractivity contribution is -0.137. The van der Waals surface area contributed by atoms with Gasteiger partial charge in [0.05, 0.1) is 5.54 Å². The van der Waals surface area contributed by atoms with Gasteiger partial charge in [0.15, 0.2) is 0 Å². The van der Waals surface area contributed by atoms with Crippen LogP contribution in [0.2, 0.25) is 0 Å². The number of nitrogens with one attached hydrogen (secondary N) is 1. The minimum atomic E-state index is -0.212. The first-order chi connectivity index (χ1) is 8.72. The molecule has 1 amide bonds. The molecule has 104 valence electrons. The summed E-state index contributed by atoms with van der Waals surface area (Å²) in [5.41, 5.74) is -0.212. The number of carbonyl (C=O) groups is 1. The van der Waals surface area contributed by atoms with E-state index in [9.17, 15) is 4.79 Å². The number of hydrogen-bond acceptors (Lipinski definition) is 2. The molecule has 0 saturated carbocycles. The van der Waals surface area contributed by atoms with E-state index >= 15 is 0 Å². The zero-order valence-electron chi connectivity index (χ0n) is 12.0. The van der Waals surface area contributed by atoms with Gasteiger partial charge in [-0.25, -0.2) is 0 Å². The van der Waals surface area contributed by atoms with E-state index in [1.807, 2.05) is 0 Å². The number of likely N-dealkylation sites (tertiary alicyclic amines) is 1. The lowest BCUT2D eigenvalue weighted by Crippen LogP contribution is -2.54. The Morgan fingerprint density at radius 2 is 2.22 bits per heavy atom. The van der Waals surface area contributed by atoms with Gasteiger partial charge in [0.1, 0.15) is 0 Å². The number of nitrogens with zero attached hydrogens (tertiary/aromatic N) is 1. The van der Waals surface area contributed by atoms with Crippen molar-refractivity contribution in [3.63, 3.8) is 0 Å². The molecule has 2 saturated heterocycles. The van der Waals surface area contributed by atoms with E-state index in [0.717, 1.165) is 51.2 Å². The Kier molecular flexibility index (Phi) is 4.66. The van der Waals surface area contributed by atoms with E-state index in [-0.39, 0.29) is 5.54 Å². The predicted octanol–water partition coefficient (Wildman–Crippen LogP) is 2.56. The van der Waals surface area contributed by atoms with Crippen molar-refractivity contribution in [3.8, 4) is 0 Å². The lowest BCUT2D eigenvalue weighted by Gasteiger charge is -2.32. The molecule has 2 heterocycles. The zero-order valence-corrected chi connectivity index (χ0v) is 12.0. The Bertz CT molecular complexity index is 284. The van der Waals surface area contributed by atoms with Crippen molar-refractivity contribution in [3.05, 3.63) is 0 Å². The van der Waals surface area contributed by atoms with Gasteiger partial charge in [0.25, 0.3) is 0 Å². The molecule has 3 nitrogen and oxygen atoms in total. The van der Waals surface area contributed by atoms with Crippen LogP contribution >= 0.6 is 0 Å². The molecule has 18 heavy (non-hydrogen) atoms. The molecular formula is C15H28N2O. The van der Waals surface area contributed by atoms with E-state index in [1.54, 1.807) is 0 Å². The fraction of sp³-hybridized carbons (Fsp3) is 0.933. The fourth-order valence-corrected chi connectivity index (χ4v) is 3.70. The van der Waals surface area contributed by atoms with Gasteiger partial charge in [-0.05, 0) is 44.6 Å². The molecular weight excluding hydrogens is 224 g/mol. The zero-order chi connectivity index (χ0) is 13.0. The first kappa shape index (κ1) is 13.9. The number of amides is 1. The van der Waals surface area contributed by atoms with Crippen molar-refractivity contribution in [2.75, 3.05) is 19.6 Å². The highest BCUT2D eigenvalue weighted by molar-refractivity contribution is 5.87. The lowest BCUT2D eigenvalue weighted by atomic mass is 9.90. The third-order valence-electron chi connectivity index (χ3n) is 4.60. The molecule has 0 aromatic heterocycles. The number of hydrogen-bond donors (Lipinski definition) is 1. The molecule has 2 unspecified atom stereocenters. The summed E-state index contributed by atoms with van der Waals surface area (Å²) in [6, 6.07) is 0. The molecule has 0 aliphatic carbocycles. The standard InChI is InChI=1S/C15H28N2O/c1-3-6-13-7-11-17(12-13)14(18)15(8-4-2)9-5-10-16-15/h13,16H,3-12H2,1-2H3. The average molecular weight is 252 g/mol. The molecule has 2 fully saturated rings. The topological polar surface area (TPSA) is 32.3 Å². The molecule has 3 heteroatoms. The first-order valence-electron chi connectivity index (χ1n) is 7.76. The second-order valence-electron chi connectivity index (χ2n) is 6.06. The van der Waals surface area contributed by atoms with E-state index in [0.29, 0.717) is 5.91 Å². The number of carbonyl (C=O) groups excluding carboxylic acids is 1. The van der Waals surface area contributed by atoms with Crippen molar-refractivity contribution in [2.24, 2.45) is 5.92 Å². The molecule has 2 aliphatic rings. The predicted molar refractivity (Wildman–Crippen MR) is 74.5 cm³/mol. The van der Waals surface area contributed by atoms with Gasteiger partial charge < -0.3 is 10.2 Å². The second kappa shape index (κ2) is 6.05. The third kappa shape index (κ3) is 2.71. The Morgan fingerprint density at radius 3 is 2.83 bits per heavy atom. The summed E-state index contributed by atoms with van der Waals surface area (Å²) in [5, 5.41) is 3.50. The summed E-state index contributed by atoms with van der Waals surface area (Å²) in [7, 11) is 0. The normalized spacial score (nSPS) is 32.1. The summed E-state index contributed by atoms with van der Waals surface area (Å²) < 4.78 is 0. The van der Waals surface area contributed by atoms with Gasteiger partial charge in [0.2, 0.25) is 5.91 Å². The van der Waals surface area contributed by atoms with E-state index in [1.165, 1.54) is 19.3 Å².